The molecule has 0 bridgehead atoms. The molecule has 1 amide bonds. The number of aliphatic carboxylic acids is 1. The average Bonchev–Trinajstić information content (AvgIpc) is 2.65. The Morgan fingerprint density at radius 2 is 2.06 bits per heavy atom. The zero-order valence-electron chi connectivity index (χ0n) is 9.25. The van der Waals surface area contributed by atoms with E-state index >= 15 is 0 Å². The summed E-state index contributed by atoms with van der Waals surface area (Å²) in [5.41, 5.74) is -0.170. The normalized spacial score (nSPS) is 10.4. The molecular weight excluding hydrogens is 303 g/mol. The zero-order chi connectivity index (χ0) is 13.1. The standard InChI is InChI=1S/C11H10N2O4Se/c14-9(12-5-10(15)16)6-13-11(17)7-3-1-2-4-8(7)18-13/h1-4H,5-6H2,(H,12,14)(H,15,16). The summed E-state index contributed by atoms with van der Waals surface area (Å²) in [6.07, 6.45) is 0. The van der Waals surface area contributed by atoms with Crippen LogP contribution in [-0.2, 0) is 16.1 Å². The van der Waals surface area contributed by atoms with Crippen LogP contribution >= 0.6 is 0 Å². The SMILES string of the molecule is O=C(O)CNC(=O)Cn1[se]c2ccccc2c1=O. The van der Waals surface area contributed by atoms with Gasteiger partial charge in [-0.15, -0.1) is 0 Å². The summed E-state index contributed by atoms with van der Waals surface area (Å²) >= 11 is -0.214. The number of amides is 1. The predicted molar refractivity (Wildman–Crippen MR) is 65.8 cm³/mol. The van der Waals surface area contributed by atoms with Crippen molar-refractivity contribution in [2.75, 3.05) is 6.54 Å². The van der Waals surface area contributed by atoms with Crippen LogP contribution in [-0.4, -0.2) is 41.8 Å². The maximum atomic E-state index is 11.9. The molecule has 94 valence electrons. The van der Waals surface area contributed by atoms with E-state index in [-0.39, 0.29) is 26.8 Å². The van der Waals surface area contributed by atoms with Gasteiger partial charge in [0.05, 0.1) is 0 Å². The van der Waals surface area contributed by atoms with E-state index in [0.717, 1.165) is 4.26 Å². The molecular formula is C11H10N2O4Se. The number of benzene rings is 1. The summed E-state index contributed by atoms with van der Waals surface area (Å²) in [5, 5.41) is 11.3. The number of nitrogens with zero attached hydrogens (tertiary/aromatic N) is 1. The van der Waals surface area contributed by atoms with Gasteiger partial charge in [-0.1, -0.05) is 0 Å². The van der Waals surface area contributed by atoms with Crippen molar-refractivity contribution in [3.05, 3.63) is 34.6 Å². The zero-order valence-corrected chi connectivity index (χ0v) is 11.0. The first-order chi connectivity index (χ1) is 8.58. The van der Waals surface area contributed by atoms with Crippen molar-refractivity contribution in [2.45, 2.75) is 6.54 Å². The molecule has 0 fully saturated rings. The van der Waals surface area contributed by atoms with Gasteiger partial charge in [0.1, 0.15) is 0 Å². The number of carboxylic acid groups (broad SMARTS) is 1. The van der Waals surface area contributed by atoms with Gasteiger partial charge in [0.15, 0.2) is 0 Å². The molecule has 7 heteroatoms. The number of hydrogen-bond acceptors (Lipinski definition) is 3. The molecule has 6 nitrogen and oxygen atoms in total. The van der Waals surface area contributed by atoms with Crippen molar-refractivity contribution in [1.29, 1.82) is 0 Å². The molecule has 1 aromatic carbocycles. The van der Waals surface area contributed by atoms with Gasteiger partial charge in [0, 0.05) is 0 Å². The van der Waals surface area contributed by atoms with Crippen molar-refractivity contribution in [1.82, 2.24) is 8.88 Å². The first kappa shape index (κ1) is 12.6. The third kappa shape index (κ3) is 2.69. The topological polar surface area (TPSA) is 88.4 Å². The van der Waals surface area contributed by atoms with Crippen molar-refractivity contribution >= 4 is 36.3 Å². The molecule has 0 spiro atoms. The van der Waals surface area contributed by atoms with Crippen LogP contribution in [0.15, 0.2) is 29.1 Å². The monoisotopic (exact) mass is 314 g/mol. The van der Waals surface area contributed by atoms with Crippen molar-refractivity contribution in [3.63, 3.8) is 0 Å². The Hall–Kier alpha value is -1.85. The summed E-state index contributed by atoms with van der Waals surface area (Å²) in [7, 11) is 0. The maximum absolute atomic E-state index is 11.9. The average molecular weight is 313 g/mol. The van der Waals surface area contributed by atoms with Gasteiger partial charge in [-0.05, 0) is 0 Å². The fourth-order valence-electron chi connectivity index (χ4n) is 1.48. The van der Waals surface area contributed by atoms with Crippen LogP contribution in [0.4, 0.5) is 0 Å². The molecule has 1 heterocycles. The minimum atomic E-state index is -1.11. The Kier molecular flexibility index (Phi) is 3.64. The number of fused-ring (bicyclic) bond motifs is 1. The van der Waals surface area contributed by atoms with Crippen LogP contribution in [0, 0.1) is 0 Å². The van der Waals surface area contributed by atoms with Crippen LogP contribution < -0.4 is 10.9 Å². The Morgan fingerprint density at radius 1 is 1.33 bits per heavy atom. The fourth-order valence-corrected chi connectivity index (χ4v) is 3.57. The van der Waals surface area contributed by atoms with Crippen LogP contribution in [0.2, 0.25) is 0 Å². The van der Waals surface area contributed by atoms with Crippen LogP contribution in [0.3, 0.4) is 0 Å². The Balaban J connectivity index is 2.17. The van der Waals surface area contributed by atoms with Crippen LogP contribution in [0.25, 0.3) is 9.65 Å². The summed E-state index contributed by atoms with van der Waals surface area (Å²) in [6.45, 7) is -0.526. The van der Waals surface area contributed by atoms with Crippen molar-refractivity contribution in [3.8, 4) is 0 Å². The first-order valence-electron chi connectivity index (χ1n) is 5.15. The number of aromatic nitrogens is 1. The minimum absolute atomic E-state index is 0.0964. The van der Waals surface area contributed by atoms with Gasteiger partial charge in [0.2, 0.25) is 0 Å². The van der Waals surface area contributed by atoms with Crippen LogP contribution in [0.1, 0.15) is 0 Å². The second kappa shape index (κ2) is 5.20. The molecule has 2 N–H and O–H groups in total. The van der Waals surface area contributed by atoms with E-state index in [1.54, 1.807) is 12.1 Å². The number of carbonyl (C=O) groups excluding carboxylic acids is 1. The summed E-state index contributed by atoms with van der Waals surface area (Å²) in [5.74, 6) is -1.56. The molecule has 0 aliphatic carbocycles. The van der Waals surface area contributed by atoms with E-state index in [0.29, 0.717) is 5.39 Å². The van der Waals surface area contributed by atoms with Crippen LogP contribution in [0.5, 0.6) is 0 Å². The fraction of sp³-hybridized carbons (Fsp3) is 0.182. The van der Waals surface area contributed by atoms with Gasteiger partial charge in [0.25, 0.3) is 0 Å². The predicted octanol–water partition coefficient (Wildman–Crippen LogP) is -0.741. The number of hydrogen-bond donors (Lipinski definition) is 2. The first-order valence-corrected chi connectivity index (χ1v) is 6.77. The molecule has 0 aliphatic heterocycles. The summed E-state index contributed by atoms with van der Waals surface area (Å²) in [6, 6.07) is 7.22. The molecule has 0 saturated carbocycles. The summed E-state index contributed by atoms with van der Waals surface area (Å²) in [4.78, 5) is 33.6. The van der Waals surface area contributed by atoms with Gasteiger partial charge < -0.3 is 0 Å². The molecule has 0 atom stereocenters. The molecule has 0 saturated heterocycles. The molecule has 1 aromatic heterocycles. The third-order valence-corrected chi connectivity index (χ3v) is 4.52. The number of carboxylic acids is 1. The Labute approximate surface area is 108 Å². The van der Waals surface area contributed by atoms with E-state index < -0.39 is 18.4 Å². The third-order valence-electron chi connectivity index (χ3n) is 2.28. The van der Waals surface area contributed by atoms with Gasteiger partial charge in [-0.25, -0.2) is 0 Å². The molecule has 18 heavy (non-hydrogen) atoms. The number of carbonyl (C=O) groups is 2. The van der Waals surface area contributed by atoms with E-state index in [2.05, 4.69) is 5.32 Å². The van der Waals surface area contributed by atoms with E-state index in [1.807, 2.05) is 12.1 Å². The van der Waals surface area contributed by atoms with E-state index in [1.165, 1.54) is 3.56 Å². The van der Waals surface area contributed by atoms with Gasteiger partial charge in [-0.3, -0.25) is 0 Å². The van der Waals surface area contributed by atoms with Gasteiger partial charge >= 0.3 is 108 Å². The van der Waals surface area contributed by atoms with Crippen molar-refractivity contribution < 1.29 is 14.7 Å². The number of nitrogens with one attached hydrogen (secondary N) is 1. The molecule has 0 aliphatic rings. The Morgan fingerprint density at radius 3 is 2.72 bits per heavy atom. The van der Waals surface area contributed by atoms with Crippen molar-refractivity contribution in [2.24, 2.45) is 0 Å². The second-order valence-electron chi connectivity index (χ2n) is 3.60. The quantitative estimate of drug-likeness (QED) is 0.728. The Bertz CT molecular complexity index is 658. The summed E-state index contributed by atoms with van der Waals surface area (Å²) < 4.78 is 2.40. The molecule has 0 radical (unpaired) electrons. The second-order valence-corrected chi connectivity index (χ2v) is 5.83. The molecule has 2 aromatic rings. The molecule has 0 unspecified atom stereocenters. The number of rotatable bonds is 4. The van der Waals surface area contributed by atoms with E-state index in [4.69, 9.17) is 5.11 Å². The molecule has 2 rings (SSSR count). The van der Waals surface area contributed by atoms with E-state index in [9.17, 15) is 14.4 Å². The van der Waals surface area contributed by atoms with Gasteiger partial charge in [-0.2, -0.15) is 0 Å².